The minimum absolute atomic E-state index is 0.0321. The predicted molar refractivity (Wildman–Crippen MR) is 92.6 cm³/mol. The van der Waals surface area contributed by atoms with E-state index in [0.29, 0.717) is 38.7 Å². The van der Waals surface area contributed by atoms with Crippen LogP contribution in [0.4, 0.5) is 0 Å². The summed E-state index contributed by atoms with van der Waals surface area (Å²) in [5, 5.41) is 4.34. The van der Waals surface area contributed by atoms with Gasteiger partial charge in [0.25, 0.3) is 11.5 Å². The van der Waals surface area contributed by atoms with Crippen molar-refractivity contribution in [2.45, 2.75) is 44.2 Å². The first-order valence-electron chi connectivity index (χ1n) is 9.38. The molecule has 140 valence electrons. The Kier molecular flexibility index (Phi) is 4.76. The Bertz CT molecular complexity index is 744. The van der Waals surface area contributed by atoms with E-state index in [2.05, 4.69) is 5.10 Å². The molecule has 1 aliphatic carbocycles. The largest absolute Gasteiger partial charge is 0.368 e. The molecule has 8 nitrogen and oxygen atoms in total. The summed E-state index contributed by atoms with van der Waals surface area (Å²) in [4.78, 5) is 40.4. The van der Waals surface area contributed by atoms with Gasteiger partial charge in [-0.2, -0.15) is 5.10 Å². The van der Waals surface area contributed by atoms with E-state index >= 15 is 0 Å². The van der Waals surface area contributed by atoms with E-state index in [4.69, 9.17) is 4.74 Å². The molecule has 1 unspecified atom stereocenters. The van der Waals surface area contributed by atoms with E-state index in [1.165, 1.54) is 10.7 Å². The number of carbonyl (C=O) groups excluding carboxylic acids is 2. The lowest BCUT2D eigenvalue weighted by Crippen LogP contribution is -2.53. The molecule has 2 aliphatic heterocycles. The van der Waals surface area contributed by atoms with Crippen LogP contribution in [0.5, 0.6) is 0 Å². The molecule has 2 saturated heterocycles. The summed E-state index contributed by atoms with van der Waals surface area (Å²) in [5.41, 5.74) is 0.638. The van der Waals surface area contributed by atoms with E-state index in [1.807, 2.05) is 0 Å². The Morgan fingerprint density at radius 2 is 1.81 bits per heavy atom. The van der Waals surface area contributed by atoms with Crippen LogP contribution in [0.2, 0.25) is 0 Å². The molecule has 3 heterocycles. The summed E-state index contributed by atoms with van der Waals surface area (Å²) < 4.78 is 6.72. The van der Waals surface area contributed by atoms with Gasteiger partial charge in [-0.1, -0.05) is 0 Å². The number of aromatic nitrogens is 2. The molecule has 2 amide bonds. The standard InChI is InChI=1S/C18H24N4O4/c23-16-6-5-14(13-3-4-13)19-22(16)12-17(24)20-7-9-21(10-8-20)18(25)15-2-1-11-26-15/h5-6,13,15H,1-4,7-12H2. The highest BCUT2D eigenvalue weighted by molar-refractivity contribution is 5.82. The van der Waals surface area contributed by atoms with E-state index < -0.39 is 0 Å². The lowest BCUT2D eigenvalue weighted by molar-refractivity contribution is -0.146. The number of hydrogen-bond donors (Lipinski definition) is 0. The Labute approximate surface area is 151 Å². The molecule has 8 heteroatoms. The van der Waals surface area contributed by atoms with E-state index in [0.717, 1.165) is 31.4 Å². The van der Waals surface area contributed by atoms with Crippen molar-refractivity contribution in [3.8, 4) is 0 Å². The minimum Gasteiger partial charge on any atom is -0.368 e. The Morgan fingerprint density at radius 1 is 1.08 bits per heavy atom. The van der Waals surface area contributed by atoms with Crippen LogP contribution in [-0.4, -0.2) is 70.3 Å². The molecule has 0 N–H and O–H groups in total. The maximum Gasteiger partial charge on any atom is 0.267 e. The number of nitrogens with zero attached hydrogens (tertiary/aromatic N) is 4. The van der Waals surface area contributed by atoms with Crippen LogP contribution in [0, 0.1) is 0 Å². The summed E-state index contributed by atoms with van der Waals surface area (Å²) in [6, 6.07) is 3.25. The number of hydrogen-bond acceptors (Lipinski definition) is 5. The zero-order valence-electron chi connectivity index (χ0n) is 14.8. The van der Waals surface area contributed by atoms with Crippen LogP contribution in [0.25, 0.3) is 0 Å². The molecule has 0 spiro atoms. The quantitative estimate of drug-likeness (QED) is 0.753. The highest BCUT2D eigenvalue weighted by atomic mass is 16.5. The minimum atomic E-state index is -0.315. The highest BCUT2D eigenvalue weighted by Gasteiger charge is 2.31. The SMILES string of the molecule is O=C(Cn1nc(C2CC2)ccc1=O)N1CCN(C(=O)C2CCCO2)CC1. The van der Waals surface area contributed by atoms with Crippen molar-refractivity contribution in [1.29, 1.82) is 0 Å². The van der Waals surface area contributed by atoms with Gasteiger partial charge in [0.1, 0.15) is 12.6 Å². The van der Waals surface area contributed by atoms with E-state index in [1.54, 1.807) is 15.9 Å². The molecule has 3 aliphatic rings. The summed E-state index contributed by atoms with van der Waals surface area (Å²) in [6.07, 6.45) is 3.59. The van der Waals surface area contributed by atoms with Gasteiger partial charge in [-0.05, 0) is 31.7 Å². The van der Waals surface area contributed by atoms with Gasteiger partial charge >= 0.3 is 0 Å². The Balaban J connectivity index is 1.33. The number of piperazine rings is 1. The van der Waals surface area contributed by atoms with Crippen molar-refractivity contribution in [3.05, 3.63) is 28.2 Å². The van der Waals surface area contributed by atoms with Gasteiger partial charge in [-0.3, -0.25) is 14.4 Å². The fourth-order valence-electron chi connectivity index (χ4n) is 3.56. The molecular weight excluding hydrogens is 336 g/mol. The molecule has 1 aromatic heterocycles. The van der Waals surface area contributed by atoms with Crippen molar-refractivity contribution >= 4 is 11.8 Å². The average molecular weight is 360 g/mol. The maximum absolute atomic E-state index is 12.5. The smallest absolute Gasteiger partial charge is 0.267 e. The molecule has 4 rings (SSSR count). The van der Waals surface area contributed by atoms with Gasteiger partial charge in [0.15, 0.2) is 0 Å². The molecule has 1 atom stereocenters. The second-order valence-electron chi connectivity index (χ2n) is 7.24. The molecule has 0 bridgehead atoms. The first-order chi connectivity index (χ1) is 12.6. The molecule has 26 heavy (non-hydrogen) atoms. The van der Waals surface area contributed by atoms with Gasteiger partial charge in [-0.15, -0.1) is 0 Å². The predicted octanol–water partition coefficient (Wildman–Crippen LogP) is -0.0295. The van der Waals surface area contributed by atoms with Crippen molar-refractivity contribution in [2.75, 3.05) is 32.8 Å². The second-order valence-corrected chi connectivity index (χ2v) is 7.24. The average Bonchev–Trinajstić information content (AvgIpc) is 3.37. The first kappa shape index (κ1) is 17.2. The first-order valence-corrected chi connectivity index (χ1v) is 9.38. The fourth-order valence-corrected chi connectivity index (χ4v) is 3.56. The summed E-state index contributed by atoms with van der Waals surface area (Å²) >= 11 is 0. The highest BCUT2D eigenvalue weighted by Crippen LogP contribution is 2.38. The van der Waals surface area contributed by atoms with Crippen LogP contribution in [-0.2, 0) is 20.9 Å². The number of rotatable bonds is 4. The molecule has 1 saturated carbocycles. The van der Waals surface area contributed by atoms with Crippen LogP contribution >= 0.6 is 0 Å². The molecular formula is C18H24N4O4. The normalized spacial score (nSPS) is 23.3. The zero-order chi connectivity index (χ0) is 18.1. The maximum atomic E-state index is 12.5. The second kappa shape index (κ2) is 7.19. The van der Waals surface area contributed by atoms with Gasteiger partial charge < -0.3 is 14.5 Å². The van der Waals surface area contributed by atoms with E-state index in [-0.39, 0.29) is 30.0 Å². The van der Waals surface area contributed by atoms with Crippen LogP contribution in [0.15, 0.2) is 16.9 Å². The third-order valence-corrected chi connectivity index (χ3v) is 5.32. The lowest BCUT2D eigenvalue weighted by atomic mass is 10.2. The Morgan fingerprint density at radius 3 is 2.46 bits per heavy atom. The summed E-state index contributed by atoms with van der Waals surface area (Å²) in [7, 11) is 0. The molecule has 0 aromatic carbocycles. The van der Waals surface area contributed by atoms with Crippen molar-refractivity contribution in [1.82, 2.24) is 19.6 Å². The van der Waals surface area contributed by atoms with Gasteiger partial charge in [-0.25, -0.2) is 4.68 Å². The van der Waals surface area contributed by atoms with Crippen molar-refractivity contribution in [2.24, 2.45) is 0 Å². The van der Waals surface area contributed by atoms with Crippen LogP contribution < -0.4 is 5.56 Å². The van der Waals surface area contributed by atoms with Crippen molar-refractivity contribution < 1.29 is 14.3 Å². The Hall–Kier alpha value is -2.22. The van der Waals surface area contributed by atoms with Gasteiger partial charge in [0, 0.05) is 44.8 Å². The number of carbonyl (C=O) groups is 2. The fraction of sp³-hybridized carbons (Fsp3) is 0.667. The topological polar surface area (TPSA) is 84.7 Å². The van der Waals surface area contributed by atoms with E-state index in [9.17, 15) is 14.4 Å². The van der Waals surface area contributed by atoms with Crippen molar-refractivity contribution in [3.63, 3.8) is 0 Å². The van der Waals surface area contributed by atoms with Gasteiger partial charge in [0.05, 0.1) is 5.69 Å². The molecule has 3 fully saturated rings. The number of ether oxygens (including phenoxy) is 1. The number of amides is 2. The summed E-state index contributed by atoms with van der Waals surface area (Å²) in [6.45, 7) is 2.59. The molecule has 0 radical (unpaired) electrons. The van der Waals surface area contributed by atoms with Gasteiger partial charge in [0.2, 0.25) is 5.91 Å². The van der Waals surface area contributed by atoms with Crippen LogP contribution in [0.3, 0.4) is 0 Å². The summed E-state index contributed by atoms with van der Waals surface area (Å²) in [5.74, 6) is 0.339. The third-order valence-electron chi connectivity index (χ3n) is 5.32. The van der Waals surface area contributed by atoms with Crippen LogP contribution in [0.1, 0.15) is 37.3 Å². The lowest BCUT2D eigenvalue weighted by Gasteiger charge is -2.35. The zero-order valence-corrected chi connectivity index (χ0v) is 14.8. The molecule has 1 aromatic rings. The third kappa shape index (κ3) is 3.65. The monoisotopic (exact) mass is 360 g/mol.